The highest BCUT2D eigenvalue weighted by Gasteiger charge is 2.32. The molecule has 1 fully saturated rings. The number of pyridine rings is 1. The van der Waals surface area contributed by atoms with Crippen LogP contribution in [0.2, 0.25) is 0 Å². The topological polar surface area (TPSA) is 49.2 Å². The van der Waals surface area contributed by atoms with Crippen molar-refractivity contribution in [2.75, 3.05) is 13.6 Å². The van der Waals surface area contributed by atoms with E-state index in [0.29, 0.717) is 0 Å². The van der Waals surface area contributed by atoms with Crippen molar-refractivity contribution in [1.29, 1.82) is 0 Å². The first-order valence-corrected chi connectivity index (χ1v) is 8.29. The predicted molar refractivity (Wildman–Crippen MR) is 85.1 cm³/mol. The summed E-state index contributed by atoms with van der Waals surface area (Å²) in [7, 11) is 2.05. The molecule has 2 aromatic heterocycles. The zero-order valence-electron chi connectivity index (χ0n) is 12.3. The fraction of sp³-hybridized carbons (Fsp3) is 0.500. The Labute approximate surface area is 129 Å². The first kappa shape index (κ1) is 14.6. The van der Waals surface area contributed by atoms with Crippen molar-refractivity contribution in [3.8, 4) is 10.7 Å². The molecular weight excluding hydrogens is 282 g/mol. The zero-order chi connectivity index (χ0) is 14.7. The van der Waals surface area contributed by atoms with Crippen molar-refractivity contribution in [1.82, 2.24) is 14.9 Å². The third-order valence-electron chi connectivity index (χ3n) is 3.97. The number of thiazole rings is 1. The van der Waals surface area contributed by atoms with Gasteiger partial charge < -0.3 is 5.11 Å². The van der Waals surface area contributed by atoms with Crippen molar-refractivity contribution >= 4 is 11.3 Å². The van der Waals surface area contributed by atoms with Crippen LogP contribution in [0.4, 0.5) is 0 Å². The van der Waals surface area contributed by atoms with Crippen molar-refractivity contribution in [3.05, 3.63) is 35.5 Å². The molecule has 2 heterocycles. The first-order valence-electron chi connectivity index (χ1n) is 7.41. The largest absolute Gasteiger partial charge is 0.389 e. The van der Waals surface area contributed by atoms with Gasteiger partial charge in [-0.05, 0) is 32.0 Å². The van der Waals surface area contributed by atoms with Gasteiger partial charge in [0.05, 0.1) is 17.0 Å². The number of aliphatic hydroxyl groups is 1. The Balaban J connectivity index is 1.62. The summed E-state index contributed by atoms with van der Waals surface area (Å²) in [5.74, 6) is 0. The van der Waals surface area contributed by atoms with Crippen LogP contribution in [0.3, 0.4) is 0 Å². The maximum absolute atomic E-state index is 10.5. The molecular formula is C16H21N3OS. The molecule has 112 valence electrons. The molecule has 3 rings (SSSR count). The second kappa shape index (κ2) is 6.22. The minimum Gasteiger partial charge on any atom is -0.389 e. The molecule has 0 amide bonds. The summed E-state index contributed by atoms with van der Waals surface area (Å²) >= 11 is 1.62. The number of aromatic nitrogens is 2. The van der Waals surface area contributed by atoms with Gasteiger partial charge in [0.15, 0.2) is 0 Å². The maximum Gasteiger partial charge on any atom is 0.142 e. The van der Waals surface area contributed by atoms with E-state index in [1.165, 1.54) is 0 Å². The van der Waals surface area contributed by atoms with Gasteiger partial charge in [0.1, 0.15) is 5.01 Å². The van der Waals surface area contributed by atoms with Gasteiger partial charge in [-0.25, -0.2) is 4.98 Å². The standard InChI is InChI=1S/C16H21N3OS/c1-19(12-16(20)7-3-4-8-16)10-13-11-21-15(18-13)14-6-2-5-9-17-14/h2,5-6,9,11,20H,3-4,7-8,10,12H2,1H3. The molecule has 0 spiro atoms. The van der Waals surface area contributed by atoms with Crippen LogP contribution in [0.25, 0.3) is 10.7 Å². The average Bonchev–Trinajstić information content (AvgIpc) is 3.09. The number of hydrogen-bond acceptors (Lipinski definition) is 5. The van der Waals surface area contributed by atoms with E-state index in [2.05, 4.69) is 27.3 Å². The van der Waals surface area contributed by atoms with Crippen molar-refractivity contribution in [2.45, 2.75) is 37.8 Å². The van der Waals surface area contributed by atoms with Crippen molar-refractivity contribution in [2.24, 2.45) is 0 Å². The lowest BCUT2D eigenvalue weighted by molar-refractivity contribution is 0.0143. The second-order valence-electron chi connectivity index (χ2n) is 5.96. The van der Waals surface area contributed by atoms with E-state index < -0.39 is 5.60 Å². The number of rotatable bonds is 5. The molecule has 0 aromatic carbocycles. The van der Waals surface area contributed by atoms with Gasteiger partial charge in [0.25, 0.3) is 0 Å². The molecule has 21 heavy (non-hydrogen) atoms. The van der Waals surface area contributed by atoms with Crippen LogP contribution in [0.5, 0.6) is 0 Å². The van der Waals surface area contributed by atoms with E-state index in [9.17, 15) is 5.11 Å². The van der Waals surface area contributed by atoms with Crippen LogP contribution in [-0.4, -0.2) is 39.2 Å². The lowest BCUT2D eigenvalue weighted by atomic mass is 10.0. The second-order valence-corrected chi connectivity index (χ2v) is 6.82. The van der Waals surface area contributed by atoms with Gasteiger partial charge in [-0.2, -0.15) is 0 Å². The molecule has 0 aliphatic heterocycles. The molecule has 0 atom stereocenters. The Bertz CT molecular complexity index is 578. The third-order valence-corrected chi connectivity index (χ3v) is 4.88. The number of hydrogen-bond donors (Lipinski definition) is 1. The van der Waals surface area contributed by atoms with Crippen molar-refractivity contribution in [3.63, 3.8) is 0 Å². The number of nitrogens with zero attached hydrogens (tertiary/aromatic N) is 3. The molecule has 4 nitrogen and oxygen atoms in total. The minimum absolute atomic E-state index is 0.491. The summed E-state index contributed by atoms with van der Waals surface area (Å²) in [6, 6.07) is 5.87. The SMILES string of the molecule is CN(Cc1csc(-c2ccccn2)n1)CC1(O)CCCC1. The molecule has 0 radical (unpaired) electrons. The lowest BCUT2D eigenvalue weighted by Gasteiger charge is -2.28. The van der Waals surface area contributed by atoms with Gasteiger partial charge >= 0.3 is 0 Å². The number of likely N-dealkylation sites (N-methyl/N-ethyl adjacent to an activating group) is 1. The summed E-state index contributed by atoms with van der Waals surface area (Å²) in [4.78, 5) is 11.1. The summed E-state index contributed by atoms with van der Waals surface area (Å²) in [5, 5.41) is 13.5. The van der Waals surface area contributed by atoms with Gasteiger partial charge in [-0.15, -0.1) is 11.3 Å². The van der Waals surface area contributed by atoms with Crippen LogP contribution in [-0.2, 0) is 6.54 Å². The van der Waals surface area contributed by atoms with Crippen LogP contribution in [0.15, 0.2) is 29.8 Å². The van der Waals surface area contributed by atoms with Crippen LogP contribution < -0.4 is 0 Å². The summed E-state index contributed by atoms with van der Waals surface area (Å²) in [6.07, 6.45) is 5.93. The van der Waals surface area contributed by atoms with Gasteiger partial charge in [0.2, 0.25) is 0 Å². The van der Waals surface area contributed by atoms with E-state index in [4.69, 9.17) is 0 Å². The molecule has 0 saturated heterocycles. The Hall–Kier alpha value is -1.30. The first-order chi connectivity index (χ1) is 10.1. The quantitative estimate of drug-likeness (QED) is 0.922. The summed E-state index contributed by atoms with van der Waals surface area (Å²) < 4.78 is 0. The maximum atomic E-state index is 10.5. The van der Waals surface area contributed by atoms with Gasteiger partial charge in [0, 0.05) is 24.7 Å². The lowest BCUT2D eigenvalue weighted by Crippen LogP contribution is -2.38. The highest BCUT2D eigenvalue weighted by molar-refractivity contribution is 7.13. The zero-order valence-corrected chi connectivity index (χ0v) is 13.1. The molecule has 1 aliphatic carbocycles. The van der Waals surface area contributed by atoms with Crippen molar-refractivity contribution < 1.29 is 5.11 Å². The smallest absolute Gasteiger partial charge is 0.142 e. The summed E-state index contributed by atoms with van der Waals surface area (Å²) in [5.41, 5.74) is 1.48. The van der Waals surface area contributed by atoms with Crippen LogP contribution in [0.1, 0.15) is 31.4 Å². The molecule has 0 unspecified atom stereocenters. The Morgan fingerprint density at radius 1 is 1.33 bits per heavy atom. The third kappa shape index (κ3) is 3.67. The molecule has 1 aliphatic rings. The van der Waals surface area contributed by atoms with E-state index in [0.717, 1.165) is 55.2 Å². The van der Waals surface area contributed by atoms with E-state index in [-0.39, 0.29) is 0 Å². The summed E-state index contributed by atoms with van der Waals surface area (Å²) in [6.45, 7) is 1.50. The highest BCUT2D eigenvalue weighted by Crippen LogP contribution is 2.30. The predicted octanol–water partition coefficient (Wildman–Crippen LogP) is 2.94. The normalized spacial score (nSPS) is 17.5. The molecule has 0 bridgehead atoms. The Morgan fingerprint density at radius 2 is 2.14 bits per heavy atom. The molecule has 1 saturated carbocycles. The average molecular weight is 303 g/mol. The fourth-order valence-electron chi connectivity index (χ4n) is 3.01. The van der Waals surface area contributed by atoms with E-state index >= 15 is 0 Å². The molecule has 2 aromatic rings. The van der Waals surface area contributed by atoms with Crippen LogP contribution >= 0.6 is 11.3 Å². The minimum atomic E-state index is -0.491. The monoisotopic (exact) mass is 303 g/mol. The molecule has 5 heteroatoms. The Morgan fingerprint density at radius 3 is 2.86 bits per heavy atom. The molecule has 1 N–H and O–H groups in total. The fourth-order valence-corrected chi connectivity index (χ4v) is 3.80. The Kier molecular flexibility index (Phi) is 4.33. The van der Waals surface area contributed by atoms with Gasteiger partial charge in [-0.1, -0.05) is 18.9 Å². The van der Waals surface area contributed by atoms with E-state index in [1.807, 2.05) is 18.2 Å². The van der Waals surface area contributed by atoms with E-state index in [1.54, 1.807) is 17.5 Å². The van der Waals surface area contributed by atoms with Gasteiger partial charge in [-0.3, -0.25) is 9.88 Å². The van der Waals surface area contributed by atoms with Crippen LogP contribution in [0, 0.1) is 0 Å². The highest BCUT2D eigenvalue weighted by atomic mass is 32.1.